The molecule has 8 heteroatoms. The van der Waals surface area contributed by atoms with Gasteiger partial charge in [-0.05, 0) is 12.1 Å². The maximum absolute atomic E-state index is 11.1. The van der Waals surface area contributed by atoms with E-state index in [2.05, 4.69) is 5.10 Å². The van der Waals surface area contributed by atoms with Crippen LogP contribution in [-0.2, 0) is 0 Å². The summed E-state index contributed by atoms with van der Waals surface area (Å²) in [6.45, 7) is 0. The summed E-state index contributed by atoms with van der Waals surface area (Å²) in [6, 6.07) is 4.43. The molecule has 0 unspecified atom stereocenters. The first-order valence-corrected chi connectivity index (χ1v) is 5.09. The molecule has 0 saturated heterocycles. The van der Waals surface area contributed by atoms with Crippen molar-refractivity contribution in [2.24, 2.45) is 0 Å². The molecule has 0 saturated carbocycles. The molecular formula is C10H6ClN3O4. The van der Waals surface area contributed by atoms with Crippen LogP contribution < -0.4 is 0 Å². The molecule has 0 amide bonds. The number of aromatic carboxylic acids is 1. The second-order valence-electron chi connectivity index (χ2n) is 3.34. The number of carboxylic acid groups (broad SMARTS) is 1. The lowest BCUT2D eigenvalue weighted by atomic mass is 10.2. The first-order chi connectivity index (χ1) is 8.50. The van der Waals surface area contributed by atoms with Crippen molar-refractivity contribution in [2.45, 2.75) is 0 Å². The average Bonchev–Trinajstić information content (AvgIpc) is 2.77. The average molecular weight is 268 g/mol. The predicted molar refractivity (Wildman–Crippen MR) is 62.2 cm³/mol. The highest BCUT2D eigenvalue weighted by Crippen LogP contribution is 2.24. The Hall–Kier alpha value is -2.41. The van der Waals surface area contributed by atoms with Crippen LogP contribution in [0.4, 0.5) is 5.69 Å². The number of carbonyl (C=O) groups is 1. The van der Waals surface area contributed by atoms with Crippen LogP contribution in [-0.4, -0.2) is 25.8 Å². The third kappa shape index (κ3) is 2.03. The van der Waals surface area contributed by atoms with Crippen molar-refractivity contribution >= 4 is 23.3 Å². The summed E-state index contributed by atoms with van der Waals surface area (Å²) in [5.41, 5.74) is -0.216. The van der Waals surface area contributed by atoms with E-state index in [-0.39, 0.29) is 22.0 Å². The van der Waals surface area contributed by atoms with Crippen LogP contribution in [0.15, 0.2) is 30.6 Å². The van der Waals surface area contributed by atoms with Crippen LogP contribution in [0, 0.1) is 10.1 Å². The zero-order valence-corrected chi connectivity index (χ0v) is 9.53. The molecule has 1 heterocycles. The van der Waals surface area contributed by atoms with Crippen molar-refractivity contribution < 1.29 is 14.8 Å². The van der Waals surface area contributed by atoms with Crippen molar-refractivity contribution in [3.8, 4) is 5.69 Å². The van der Waals surface area contributed by atoms with Gasteiger partial charge in [0.2, 0.25) is 0 Å². The summed E-state index contributed by atoms with van der Waals surface area (Å²) in [4.78, 5) is 21.0. The van der Waals surface area contributed by atoms with Gasteiger partial charge in [0.15, 0.2) is 0 Å². The Morgan fingerprint density at radius 1 is 1.50 bits per heavy atom. The van der Waals surface area contributed by atoms with Gasteiger partial charge in [-0.1, -0.05) is 17.7 Å². The third-order valence-corrected chi connectivity index (χ3v) is 2.55. The highest BCUT2D eigenvalue weighted by molar-refractivity contribution is 6.34. The number of nitrogens with zero attached hydrogens (tertiary/aromatic N) is 3. The number of rotatable bonds is 3. The number of benzene rings is 1. The van der Waals surface area contributed by atoms with Crippen LogP contribution >= 0.6 is 11.6 Å². The molecule has 0 fully saturated rings. The number of hydrogen-bond acceptors (Lipinski definition) is 4. The van der Waals surface area contributed by atoms with Crippen molar-refractivity contribution in [1.82, 2.24) is 9.78 Å². The van der Waals surface area contributed by atoms with Crippen LogP contribution in [0.25, 0.3) is 5.69 Å². The van der Waals surface area contributed by atoms with Gasteiger partial charge in [0.25, 0.3) is 0 Å². The molecular weight excluding hydrogens is 262 g/mol. The van der Waals surface area contributed by atoms with Gasteiger partial charge in [-0.2, -0.15) is 5.10 Å². The maximum atomic E-state index is 11.1. The topological polar surface area (TPSA) is 98.3 Å². The van der Waals surface area contributed by atoms with Gasteiger partial charge in [-0.25, -0.2) is 9.48 Å². The zero-order chi connectivity index (χ0) is 13.3. The van der Waals surface area contributed by atoms with Gasteiger partial charge in [0.1, 0.15) is 18.0 Å². The van der Waals surface area contributed by atoms with E-state index in [1.54, 1.807) is 0 Å². The van der Waals surface area contributed by atoms with Gasteiger partial charge in [-0.15, -0.1) is 0 Å². The lowest BCUT2D eigenvalue weighted by Crippen LogP contribution is -2.06. The lowest BCUT2D eigenvalue weighted by Gasteiger charge is -2.06. The Balaban J connectivity index is 2.59. The number of nitro groups is 1. The fourth-order valence-electron chi connectivity index (χ4n) is 1.45. The van der Waals surface area contributed by atoms with Crippen LogP contribution in [0.3, 0.4) is 0 Å². The van der Waals surface area contributed by atoms with E-state index >= 15 is 0 Å². The molecule has 2 rings (SSSR count). The Labute approximate surface area is 105 Å². The van der Waals surface area contributed by atoms with Crippen LogP contribution in [0.1, 0.15) is 10.4 Å². The van der Waals surface area contributed by atoms with Crippen LogP contribution in [0.2, 0.25) is 5.02 Å². The first-order valence-electron chi connectivity index (χ1n) is 4.72. The molecule has 0 bridgehead atoms. The minimum absolute atomic E-state index is 0.0400. The third-order valence-electron chi connectivity index (χ3n) is 2.23. The predicted octanol–water partition coefficient (Wildman–Crippen LogP) is 2.13. The molecule has 1 N–H and O–H groups in total. The highest BCUT2D eigenvalue weighted by atomic mass is 35.5. The van der Waals surface area contributed by atoms with Gasteiger partial charge < -0.3 is 5.11 Å². The van der Waals surface area contributed by atoms with Crippen molar-refractivity contribution in [1.29, 1.82) is 0 Å². The van der Waals surface area contributed by atoms with E-state index < -0.39 is 10.9 Å². The van der Waals surface area contributed by atoms with E-state index in [4.69, 9.17) is 16.7 Å². The molecule has 0 aliphatic heterocycles. The van der Waals surface area contributed by atoms with E-state index in [0.29, 0.717) is 0 Å². The summed E-state index contributed by atoms with van der Waals surface area (Å²) < 4.78 is 1.10. The molecule has 1 aromatic carbocycles. The standard InChI is InChI=1S/C10H6ClN3O4/c11-7-2-1-3-8(9(7)10(15)16)13-5-6(4-12-13)14(17)18/h1-5H,(H,15,16). The van der Waals surface area contributed by atoms with Gasteiger partial charge in [-0.3, -0.25) is 10.1 Å². The smallest absolute Gasteiger partial charge is 0.339 e. The van der Waals surface area contributed by atoms with E-state index in [9.17, 15) is 14.9 Å². The van der Waals surface area contributed by atoms with Crippen LogP contribution in [0.5, 0.6) is 0 Å². The Morgan fingerprint density at radius 3 is 2.78 bits per heavy atom. The van der Waals surface area contributed by atoms with Crippen molar-refractivity contribution in [3.63, 3.8) is 0 Å². The molecule has 0 atom stereocenters. The maximum Gasteiger partial charge on any atom is 0.339 e. The molecule has 2 aromatic rings. The van der Waals surface area contributed by atoms with Gasteiger partial charge >= 0.3 is 11.7 Å². The summed E-state index contributed by atoms with van der Waals surface area (Å²) in [5.74, 6) is -1.23. The molecule has 0 spiro atoms. The summed E-state index contributed by atoms with van der Waals surface area (Å²) in [6.07, 6.45) is 2.16. The Bertz CT molecular complexity index is 638. The fraction of sp³-hybridized carbons (Fsp3) is 0. The molecule has 92 valence electrons. The second-order valence-corrected chi connectivity index (χ2v) is 3.75. The SMILES string of the molecule is O=C(O)c1c(Cl)cccc1-n1cc([N+](=O)[O-])cn1. The minimum Gasteiger partial charge on any atom is -0.478 e. The van der Waals surface area contributed by atoms with E-state index in [1.165, 1.54) is 18.2 Å². The lowest BCUT2D eigenvalue weighted by molar-refractivity contribution is -0.384. The summed E-state index contributed by atoms with van der Waals surface area (Å²) >= 11 is 5.79. The Kier molecular flexibility index (Phi) is 2.99. The normalized spacial score (nSPS) is 10.3. The molecule has 0 aliphatic carbocycles. The number of halogens is 1. The first kappa shape index (κ1) is 12.1. The van der Waals surface area contributed by atoms with Gasteiger partial charge in [0.05, 0.1) is 15.6 Å². The second kappa shape index (κ2) is 4.46. The molecule has 1 aromatic heterocycles. The number of carboxylic acids is 1. The molecule has 0 radical (unpaired) electrons. The zero-order valence-electron chi connectivity index (χ0n) is 8.78. The van der Waals surface area contributed by atoms with E-state index in [0.717, 1.165) is 17.1 Å². The Morgan fingerprint density at radius 2 is 2.22 bits per heavy atom. The fourth-order valence-corrected chi connectivity index (χ4v) is 1.71. The molecule has 0 aliphatic rings. The molecule has 18 heavy (non-hydrogen) atoms. The van der Waals surface area contributed by atoms with Crippen molar-refractivity contribution in [3.05, 3.63) is 51.3 Å². The minimum atomic E-state index is -1.23. The summed E-state index contributed by atoms with van der Waals surface area (Å²) in [5, 5.41) is 23.4. The van der Waals surface area contributed by atoms with E-state index in [1.807, 2.05) is 0 Å². The summed E-state index contributed by atoms with van der Waals surface area (Å²) in [7, 11) is 0. The quantitative estimate of drug-likeness (QED) is 0.678. The number of hydrogen-bond donors (Lipinski definition) is 1. The van der Waals surface area contributed by atoms with Crippen molar-refractivity contribution in [2.75, 3.05) is 0 Å². The monoisotopic (exact) mass is 267 g/mol. The number of aromatic nitrogens is 2. The largest absolute Gasteiger partial charge is 0.478 e. The van der Waals surface area contributed by atoms with Gasteiger partial charge in [0, 0.05) is 0 Å². The highest BCUT2D eigenvalue weighted by Gasteiger charge is 2.18. The molecule has 7 nitrogen and oxygen atoms in total.